The molecule has 0 saturated carbocycles. The van der Waals surface area contributed by atoms with E-state index in [4.69, 9.17) is 15.2 Å². The van der Waals surface area contributed by atoms with E-state index in [0.29, 0.717) is 0 Å². The molecule has 1 atom stereocenters. The number of esters is 1. The molecule has 1 aromatic rings. The van der Waals surface area contributed by atoms with Gasteiger partial charge in [0.1, 0.15) is 12.4 Å². The maximum atomic E-state index is 11.7. The lowest BCUT2D eigenvalue weighted by molar-refractivity contribution is -0.146. The van der Waals surface area contributed by atoms with Gasteiger partial charge in [0, 0.05) is 6.04 Å². The Bertz CT molecular complexity index is 424. The van der Waals surface area contributed by atoms with Crippen molar-refractivity contribution in [2.45, 2.75) is 39.8 Å². The van der Waals surface area contributed by atoms with Gasteiger partial charge >= 0.3 is 5.97 Å². The molecule has 4 nitrogen and oxygen atoms in total. The first-order valence-electron chi connectivity index (χ1n) is 6.37. The van der Waals surface area contributed by atoms with E-state index in [-0.39, 0.29) is 30.5 Å². The number of rotatable bonds is 5. The number of carbonyl (C=O) groups is 1. The largest absolute Gasteiger partial charge is 0.497 e. The summed E-state index contributed by atoms with van der Waals surface area (Å²) in [5.41, 5.74) is 6.74. The molecule has 0 fully saturated rings. The lowest BCUT2D eigenvalue weighted by Crippen LogP contribution is -2.37. The van der Waals surface area contributed by atoms with Gasteiger partial charge in [0.25, 0.3) is 0 Å². The zero-order valence-corrected chi connectivity index (χ0v) is 12.1. The summed E-state index contributed by atoms with van der Waals surface area (Å²) in [5.74, 6) is 0.477. The Morgan fingerprint density at radius 1 is 1.37 bits per heavy atom. The fraction of sp³-hybridized carbons (Fsp3) is 0.533. The van der Waals surface area contributed by atoms with Crippen molar-refractivity contribution >= 4 is 5.97 Å². The summed E-state index contributed by atoms with van der Waals surface area (Å²) in [6.07, 6.45) is 0.230. The smallest absolute Gasteiger partial charge is 0.307 e. The molecule has 1 rings (SSSR count). The van der Waals surface area contributed by atoms with Gasteiger partial charge in [0.05, 0.1) is 13.5 Å². The summed E-state index contributed by atoms with van der Waals surface area (Å²) < 4.78 is 10.3. The SMILES string of the molecule is COc1cccc(COC(=O)CC(N)C(C)(C)C)c1. The lowest BCUT2D eigenvalue weighted by atomic mass is 9.85. The van der Waals surface area contributed by atoms with Crippen molar-refractivity contribution in [3.05, 3.63) is 29.8 Å². The molecule has 0 aliphatic rings. The van der Waals surface area contributed by atoms with E-state index in [9.17, 15) is 4.79 Å². The van der Waals surface area contributed by atoms with E-state index < -0.39 is 0 Å². The number of hydrogen-bond acceptors (Lipinski definition) is 4. The first kappa shape index (κ1) is 15.5. The summed E-state index contributed by atoms with van der Waals surface area (Å²) in [7, 11) is 1.60. The fourth-order valence-corrected chi connectivity index (χ4v) is 1.47. The Labute approximate surface area is 114 Å². The van der Waals surface area contributed by atoms with E-state index in [1.807, 2.05) is 45.0 Å². The van der Waals surface area contributed by atoms with Crippen molar-refractivity contribution in [2.75, 3.05) is 7.11 Å². The first-order valence-corrected chi connectivity index (χ1v) is 6.37. The third-order valence-corrected chi connectivity index (χ3v) is 3.03. The summed E-state index contributed by atoms with van der Waals surface area (Å²) in [5, 5.41) is 0. The van der Waals surface area contributed by atoms with E-state index in [0.717, 1.165) is 11.3 Å². The van der Waals surface area contributed by atoms with Gasteiger partial charge in [-0.1, -0.05) is 32.9 Å². The molecule has 1 aromatic carbocycles. The average Bonchev–Trinajstić information content (AvgIpc) is 2.35. The Hall–Kier alpha value is -1.55. The molecule has 0 amide bonds. The van der Waals surface area contributed by atoms with Crippen LogP contribution in [0.2, 0.25) is 0 Å². The predicted octanol–water partition coefficient (Wildman–Crippen LogP) is 2.50. The number of hydrogen-bond donors (Lipinski definition) is 1. The molecule has 0 aliphatic heterocycles. The molecule has 0 saturated heterocycles. The number of carbonyl (C=O) groups excluding carboxylic acids is 1. The normalized spacial score (nSPS) is 12.9. The van der Waals surface area contributed by atoms with Gasteiger partial charge in [-0.05, 0) is 23.1 Å². The minimum Gasteiger partial charge on any atom is -0.497 e. The Morgan fingerprint density at radius 3 is 2.63 bits per heavy atom. The quantitative estimate of drug-likeness (QED) is 0.831. The van der Waals surface area contributed by atoms with Crippen LogP contribution in [0.3, 0.4) is 0 Å². The van der Waals surface area contributed by atoms with E-state index in [2.05, 4.69) is 0 Å². The molecule has 0 radical (unpaired) electrons. The molecule has 0 spiro atoms. The Morgan fingerprint density at radius 2 is 2.05 bits per heavy atom. The van der Waals surface area contributed by atoms with Crippen LogP contribution in [-0.2, 0) is 16.1 Å². The predicted molar refractivity (Wildman–Crippen MR) is 74.8 cm³/mol. The second-order valence-electron chi connectivity index (χ2n) is 5.69. The van der Waals surface area contributed by atoms with Crippen LogP contribution in [0.15, 0.2) is 24.3 Å². The molecule has 2 N–H and O–H groups in total. The molecular formula is C15H23NO3. The number of benzene rings is 1. The average molecular weight is 265 g/mol. The molecule has 0 aliphatic carbocycles. The minimum absolute atomic E-state index is 0.102. The summed E-state index contributed by atoms with van der Waals surface area (Å²) >= 11 is 0. The molecule has 4 heteroatoms. The van der Waals surface area contributed by atoms with E-state index in [1.54, 1.807) is 7.11 Å². The van der Waals surface area contributed by atoms with Gasteiger partial charge in [-0.3, -0.25) is 4.79 Å². The maximum absolute atomic E-state index is 11.7. The molecule has 0 bridgehead atoms. The zero-order valence-electron chi connectivity index (χ0n) is 12.1. The standard InChI is InChI=1S/C15H23NO3/c1-15(2,3)13(16)9-14(17)19-10-11-6-5-7-12(8-11)18-4/h5-8,13H,9-10,16H2,1-4H3. The molecule has 1 unspecified atom stereocenters. The third-order valence-electron chi connectivity index (χ3n) is 3.03. The molecule has 0 heterocycles. The van der Waals surface area contributed by atoms with Gasteiger partial charge in [-0.25, -0.2) is 0 Å². The van der Waals surface area contributed by atoms with Crippen LogP contribution in [0.4, 0.5) is 0 Å². The topological polar surface area (TPSA) is 61.5 Å². The third kappa shape index (κ3) is 5.30. The monoisotopic (exact) mass is 265 g/mol. The summed E-state index contributed by atoms with van der Waals surface area (Å²) in [6, 6.07) is 7.24. The van der Waals surface area contributed by atoms with Crippen LogP contribution < -0.4 is 10.5 Å². The number of ether oxygens (including phenoxy) is 2. The van der Waals surface area contributed by atoms with Gasteiger partial charge in [0.2, 0.25) is 0 Å². The van der Waals surface area contributed by atoms with Crippen LogP contribution in [-0.4, -0.2) is 19.1 Å². The highest BCUT2D eigenvalue weighted by atomic mass is 16.5. The van der Waals surface area contributed by atoms with Gasteiger partial charge in [0.15, 0.2) is 0 Å². The Kier molecular flexibility index (Phi) is 5.36. The highest BCUT2D eigenvalue weighted by Gasteiger charge is 2.23. The molecular weight excluding hydrogens is 242 g/mol. The second-order valence-corrected chi connectivity index (χ2v) is 5.69. The van der Waals surface area contributed by atoms with Crippen molar-refractivity contribution in [2.24, 2.45) is 11.1 Å². The van der Waals surface area contributed by atoms with Gasteiger partial charge in [-0.2, -0.15) is 0 Å². The highest BCUT2D eigenvalue weighted by molar-refractivity contribution is 5.70. The van der Waals surface area contributed by atoms with E-state index in [1.165, 1.54) is 0 Å². The molecule has 106 valence electrons. The van der Waals surface area contributed by atoms with Crippen molar-refractivity contribution < 1.29 is 14.3 Å². The van der Waals surface area contributed by atoms with Crippen molar-refractivity contribution in [1.82, 2.24) is 0 Å². The van der Waals surface area contributed by atoms with Gasteiger partial charge < -0.3 is 15.2 Å². The second kappa shape index (κ2) is 6.57. The molecule has 19 heavy (non-hydrogen) atoms. The van der Waals surface area contributed by atoms with Gasteiger partial charge in [-0.15, -0.1) is 0 Å². The number of methoxy groups -OCH3 is 1. The van der Waals surface area contributed by atoms with Crippen molar-refractivity contribution in [3.63, 3.8) is 0 Å². The first-order chi connectivity index (χ1) is 8.82. The lowest BCUT2D eigenvalue weighted by Gasteiger charge is -2.26. The number of nitrogens with two attached hydrogens (primary N) is 1. The van der Waals surface area contributed by atoms with Crippen LogP contribution in [0.5, 0.6) is 5.75 Å². The minimum atomic E-state index is -0.273. The van der Waals surface area contributed by atoms with Crippen LogP contribution >= 0.6 is 0 Å². The fourth-order valence-electron chi connectivity index (χ4n) is 1.47. The maximum Gasteiger partial charge on any atom is 0.307 e. The van der Waals surface area contributed by atoms with Crippen molar-refractivity contribution in [3.8, 4) is 5.75 Å². The highest BCUT2D eigenvalue weighted by Crippen LogP contribution is 2.20. The summed E-state index contributed by atoms with van der Waals surface area (Å²) in [6.45, 7) is 6.26. The van der Waals surface area contributed by atoms with Crippen LogP contribution in [0.25, 0.3) is 0 Å². The van der Waals surface area contributed by atoms with Crippen molar-refractivity contribution in [1.29, 1.82) is 0 Å². The van der Waals surface area contributed by atoms with Crippen LogP contribution in [0.1, 0.15) is 32.8 Å². The zero-order chi connectivity index (χ0) is 14.5. The van der Waals surface area contributed by atoms with E-state index >= 15 is 0 Å². The Balaban J connectivity index is 2.46. The molecule has 0 aromatic heterocycles. The summed E-state index contributed by atoms with van der Waals surface area (Å²) in [4.78, 5) is 11.7. The van der Waals surface area contributed by atoms with Crippen LogP contribution in [0, 0.1) is 5.41 Å².